The molecule has 118 valence electrons. The van der Waals surface area contributed by atoms with Crippen molar-refractivity contribution in [2.75, 3.05) is 6.54 Å². The predicted octanol–water partition coefficient (Wildman–Crippen LogP) is 3.27. The molecule has 0 aliphatic rings. The number of benzene rings is 2. The molecule has 2 rings (SSSR count). The van der Waals surface area contributed by atoms with Gasteiger partial charge < -0.3 is 0 Å². The molecule has 0 aliphatic carbocycles. The number of sulfonamides is 1. The van der Waals surface area contributed by atoms with Crippen molar-refractivity contribution in [3.05, 3.63) is 71.5 Å². The largest absolute Gasteiger partial charge is 0.215 e. The monoisotopic (exact) mass is 321 g/mol. The van der Waals surface area contributed by atoms with E-state index >= 15 is 0 Å². The number of halogens is 1. The third kappa shape index (κ3) is 5.95. The van der Waals surface area contributed by atoms with E-state index < -0.39 is 10.0 Å². The normalized spacial score (nSPS) is 11.5. The minimum absolute atomic E-state index is 0.00576. The number of unbranched alkanes of at least 4 members (excludes halogenated alkanes) is 1. The fourth-order valence-corrected chi connectivity index (χ4v) is 3.37. The highest BCUT2D eigenvalue weighted by atomic mass is 32.2. The van der Waals surface area contributed by atoms with Crippen LogP contribution in [-0.4, -0.2) is 15.0 Å². The third-order valence-electron chi connectivity index (χ3n) is 3.33. The number of rotatable bonds is 8. The van der Waals surface area contributed by atoms with Gasteiger partial charge >= 0.3 is 0 Å². The van der Waals surface area contributed by atoms with Crippen molar-refractivity contribution in [1.82, 2.24) is 4.72 Å². The Bertz CT molecular complexity index is 670. The van der Waals surface area contributed by atoms with Crippen LogP contribution in [0, 0.1) is 5.82 Å². The Balaban J connectivity index is 1.68. The van der Waals surface area contributed by atoms with Crippen molar-refractivity contribution in [2.45, 2.75) is 25.0 Å². The molecule has 0 heterocycles. The van der Waals surface area contributed by atoms with Gasteiger partial charge in [-0.3, -0.25) is 0 Å². The molecule has 0 bridgehead atoms. The maximum absolute atomic E-state index is 12.8. The summed E-state index contributed by atoms with van der Waals surface area (Å²) < 4.78 is 39.2. The molecule has 0 aliphatic heterocycles. The predicted molar refractivity (Wildman–Crippen MR) is 86.4 cm³/mol. The zero-order valence-electron chi connectivity index (χ0n) is 12.3. The van der Waals surface area contributed by atoms with Gasteiger partial charge in [-0.05, 0) is 42.5 Å². The second kappa shape index (κ2) is 8.06. The second-order valence-electron chi connectivity index (χ2n) is 5.22. The van der Waals surface area contributed by atoms with Crippen LogP contribution in [0.1, 0.15) is 24.0 Å². The molecule has 0 fully saturated rings. The Hall–Kier alpha value is -1.72. The van der Waals surface area contributed by atoms with E-state index in [-0.39, 0.29) is 11.6 Å². The van der Waals surface area contributed by atoms with Gasteiger partial charge in [0.2, 0.25) is 10.0 Å². The lowest BCUT2D eigenvalue weighted by Crippen LogP contribution is -2.26. The van der Waals surface area contributed by atoms with Crippen LogP contribution in [0.3, 0.4) is 0 Å². The third-order valence-corrected chi connectivity index (χ3v) is 4.68. The van der Waals surface area contributed by atoms with Gasteiger partial charge in [-0.25, -0.2) is 17.5 Å². The van der Waals surface area contributed by atoms with Crippen molar-refractivity contribution in [1.29, 1.82) is 0 Å². The lowest BCUT2D eigenvalue weighted by molar-refractivity contribution is 0.575. The standard InChI is InChI=1S/C17H20FNO2S/c18-17-11-9-15(10-12-17)6-4-5-13-19-22(20,21)14-16-7-2-1-3-8-16/h1-3,7-12,19H,4-6,13-14H2. The van der Waals surface area contributed by atoms with Gasteiger partial charge in [0.15, 0.2) is 0 Å². The molecule has 0 spiro atoms. The first kappa shape index (κ1) is 16.6. The van der Waals surface area contributed by atoms with Crippen LogP contribution in [0.4, 0.5) is 4.39 Å². The maximum atomic E-state index is 12.8. The van der Waals surface area contributed by atoms with Crippen LogP contribution >= 0.6 is 0 Å². The van der Waals surface area contributed by atoms with E-state index in [1.807, 2.05) is 18.2 Å². The van der Waals surface area contributed by atoms with Gasteiger partial charge in [0.05, 0.1) is 5.75 Å². The smallest absolute Gasteiger partial charge is 0.215 e. The molecule has 0 saturated heterocycles. The Morgan fingerprint density at radius 2 is 1.55 bits per heavy atom. The molecular formula is C17H20FNO2S. The van der Waals surface area contributed by atoms with Crippen molar-refractivity contribution < 1.29 is 12.8 Å². The van der Waals surface area contributed by atoms with E-state index in [4.69, 9.17) is 0 Å². The molecule has 0 aromatic heterocycles. The Labute approximate surface area is 131 Å². The van der Waals surface area contributed by atoms with Crippen molar-refractivity contribution in [3.8, 4) is 0 Å². The number of hydrogen-bond donors (Lipinski definition) is 1. The number of aryl methyl sites for hydroxylation is 1. The molecule has 0 radical (unpaired) electrons. The second-order valence-corrected chi connectivity index (χ2v) is 7.03. The summed E-state index contributed by atoms with van der Waals surface area (Å²) in [5.41, 5.74) is 1.84. The average Bonchev–Trinajstić information content (AvgIpc) is 2.49. The lowest BCUT2D eigenvalue weighted by Gasteiger charge is -2.07. The van der Waals surface area contributed by atoms with Gasteiger partial charge in [-0.2, -0.15) is 0 Å². The summed E-state index contributed by atoms with van der Waals surface area (Å²) in [6.45, 7) is 0.427. The summed E-state index contributed by atoms with van der Waals surface area (Å²) in [6, 6.07) is 15.5. The fraction of sp³-hybridized carbons (Fsp3) is 0.294. The first-order valence-electron chi connectivity index (χ1n) is 7.31. The van der Waals surface area contributed by atoms with E-state index in [1.165, 1.54) is 12.1 Å². The van der Waals surface area contributed by atoms with Gasteiger partial charge in [0.25, 0.3) is 0 Å². The van der Waals surface area contributed by atoms with Gasteiger partial charge in [-0.1, -0.05) is 42.5 Å². The number of hydrogen-bond acceptors (Lipinski definition) is 2. The molecule has 3 nitrogen and oxygen atoms in total. The van der Waals surface area contributed by atoms with Crippen LogP contribution in [0.2, 0.25) is 0 Å². The summed E-state index contributed by atoms with van der Waals surface area (Å²) in [7, 11) is -3.28. The highest BCUT2D eigenvalue weighted by molar-refractivity contribution is 7.88. The topological polar surface area (TPSA) is 46.2 Å². The Kier molecular flexibility index (Phi) is 6.10. The van der Waals surface area contributed by atoms with Gasteiger partial charge in [0, 0.05) is 6.54 Å². The molecule has 0 atom stereocenters. The van der Waals surface area contributed by atoms with Crippen LogP contribution < -0.4 is 4.72 Å². The van der Waals surface area contributed by atoms with E-state index in [9.17, 15) is 12.8 Å². The first-order valence-corrected chi connectivity index (χ1v) is 8.96. The minimum Gasteiger partial charge on any atom is -0.215 e. The fourth-order valence-electron chi connectivity index (χ4n) is 2.18. The number of nitrogens with one attached hydrogen (secondary N) is 1. The summed E-state index contributed by atoms with van der Waals surface area (Å²) in [6.07, 6.45) is 2.44. The molecule has 1 N–H and O–H groups in total. The summed E-state index contributed by atoms with van der Waals surface area (Å²) in [4.78, 5) is 0. The van der Waals surface area contributed by atoms with E-state index in [0.29, 0.717) is 6.54 Å². The van der Waals surface area contributed by atoms with E-state index in [2.05, 4.69) is 4.72 Å². The molecule has 0 unspecified atom stereocenters. The highest BCUT2D eigenvalue weighted by Gasteiger charge is 2.10. The van der Waals surface area contributed by atoms with Crippen molar-refractivity contribution >= 4 is 10.0 Å². The van der Waals surface area contributed by atoms with E-state index in [0.717, 1.165) is 30.4 Å². The molecule has 2 aromatic rings. The molecule has 2 aromatic carbocycles. The Morgan fingerprint density at radius 1 is 0.864 bits per heavy atom. The molecular weight excluding hydrogens is 301 g/mol. The van der Waals surface area contributed by atoms with Gasteiger partial charge in [0.1, 0.15) is 5.82 Å². The quantitative estimate of drug-likeness (QED) is 0.759. The van der Waals surface area contributed by atoms with Crippen LogP contribution in [0.25, 0.3) is 0 Å². The SMILES string of the molecule is O=S(=O)(Cc1ccccc1)NCCCCc1ccc(F)cc1. The van der Waals surface area contributed by atoms with Crippen LogP contribution in [0.15, 0.2) is 54.6 Å². The summed E-state index contributed by atoms with van der Waals surface area (Å²) in [5, 5.41) is 0. The van der Waals surface area contributed by atoms with Crippen molar-refractivity contribution in [3.63, 3.8) is 0 Å². The molecule has 0 amide bonds. The first-order chi connectivity index (χ1) is 10.6. The van der Waals surface area contributed by atoms with Crippen molar-refractivity contribution in [2.24, 2.45) is 0 Å². The summed E-state index contributed by atoms with van der Waals surface area (Å²) >= 11 is 0. The summed E-state index contributed by atoms with van der Waals surface area (Å²) in [5.74, 6) is -0.233. The van der Waals surface area contributed by atoms with Crippen LogP contribution in [-0.2, 0) is 22.2 Å². The maximum Gasteiger partial charge on any atom is 0.215 e. The minimum atomic E-state index is -3.28. The zero-order chi connectivity index (χ0) is 15.8. The average molecular weight is 321 g/mol. The van der Waals surface area contributed by atoms with Gasteiger partial charge in [-0.15, -0.1) is 0 Å². The molecule has 5 heteroatoms. The highest BCUT2D eigenvalue weighted by Crippen LogP contribution is 2.07. The zero-order valence-corrected chi connectivity index (χ0v) is 13.2. The van der Waals surface area contributed by atoms with Crippen LogP contribution in [0.5, 0.6) is 0 Å². The lowest BCUT2D eigenvalue weighted by atomic mass is 10.1. The van der Waals surface area contributed by atoms with E-state index in [1.54, 1.807) is 24.3 Å². The molecule has 0 saturated carbocycles. The molecule has 22 heavy (non-hydrogen) atoms. The Morgan fingerprint density at radius 3 is 2.23 bits per heavy atom.